The molecule has 0 unspecified atom stereocenters. The van der Waals surface area contributed by atoms with Gasteiger partial charge in [-0.05, 0) is 26.2 Å². The van der Waals surface area contributed by atoms with E-state index in [1.54, 1.807) is 6.92 Å². The summed E-state index contributed by atoms with van der Waals surface area (Å²) in [6.07, 6.45) is 2.54. The molecule has 1 aliphatic carbocycles. The van der Waals surface area contributed by atoms with E-state index in [1.807, 2.05) is 4.90 Å². The lowest BCUT2D eigenvalue weighted by Gasteiger charge is -2.27. The lowest BCUT2D eigenvalue weighted by atomic mass is 10.0. The van der Waals surface area contributed by atoms with Gasteiger partial charge in [0, 0.05) is 37.2 Å². The van der Waals surface area contributed by atoms with E-state index in [9.17, 15) is 14.4 Å². The molecule has 0 radical (unpaired) electrons. The van der Waals surface area contributed by atoms with Crippen LogP contribution in [-0.2, 0) is 22.4 Å². The number of anilines is 2. The van der Waals surface area contributed by atoms with Crippen LogP contribution in [0.5, 0.6) is 0 Å². The summed E-state index contributed by atoms with van der Waals surface area (Å²) in [5.41, 5.74) is 1.68. The number of amides is 1. The smallest absolute Gasteiger partial charge is 0.255 e. The molecule has 4 rings (SSSR count). The Labute approximate surface area is 171 Å². The predicted octanol–water partition coefficient (Wildman–Crippen LogP) is 1.46. The van der Waals surface area contributed by atoms with Crippen LogP contribution in [0.25, 0.3) is 0 Å². The van der Waals surface area contributed by atoms with Crippen LogP contribution in [0.3, 0.4) is 0 Å². The number of carbonyl (C=O) groups excluding carboxylic acids is 2. The number of ether oxygens (including phenoxy) is 1. The number of nitrogens with one attached hydrogen (secondary N) is 2. The first kappa shape index (κ1) is 19.7. The maximum absolute atomic E-state index is 12.5. The van der Waals surface area contributed by atoms with Crippen molar-refractivity contribution in [3.05, 3.63) is 32.2 Å². The molecule has 154 valence electrons. The van der Waals surface area contributed by atoms with Crippen molar-refractivity contribution in [2.45, 2.75) is 39.0 Å². The van der Waals surface area contributed by atoms with Crippen molar-refractivity contribution >= 4 is 34.1 Å². The summed E-state index contributed by atoms with van der Waals surface area (Å²) in [7, 11) is 0. The fraction of sp³-hybridized carbons (Fsp3) is 0.526. The highest BCUT2D eigenvalue weighted by Crippen LogP contribution is 2.29. The number of aryl methyl sites for hydroxylation is 2. The van der Waals surface area contributed by atoms with Crippen LogP contribution in [-0.4, -0.2) is 52.9 Å². The molecule has 2 N–H and O–H groups in total. The van der Waals surface area contributed by atoms with Crippen molar-refractivity contribution in [3.63, 3.8) is 0 Å². The van der Waals surface area contributed by atoms with E-state index >= 15 is 0 Å². The zero-order chi connectivity index (χ0) is 20.4. The van der Waals surface area contributed by atoms with Gasteiger partial charge in [0.05, 0.1) is 23.8 Å². The van der Waals surface area contributed by atoms with E-state index in [2.05, 4.69) is 20.3 Å². The number of rotatable bonds is 5. The number of nitrogens with zero attached hydrogens (tertiary/aromatic N) is 3. The Bertz CT molecular complexity index is 993. The van der Waals surface area contributed by atoms with Crippen LogP contribution in [0.4, 0.5) is 11.1 Å². The second-order valence-electron chi connectivity index (χ2n) is 7.17. The van der Waals surface area contributed by atoms with E-state index in [1.165, 1.54) is 11.3 Å². The number of ketones is 1. The molecule has 2 aliphatic rings. The highest BCUT2D eigenvalue weighted by Gasteiger charge is 2.23. The summed E-state index contributed by atoms with van der Waals surface area (Å²) in [6.45, 7) is 4.37. The summed E-state index contributed by atoms with van der Waals surface area (Å²) >= 11 is 1.23. The summed E-state index contributed by atoms with van der Waals surface area (Å²) in [4.78, 5) is 51.1. The molecule has 0 aromatic carbocycles. The normalized spacial score (nSPS) is 16.6. The molecule has 1 fully saturated rings. The monoisotopic (exact) mass is 417 g/mol. The maximum Gasteiger partial charge on any atom is 0.255 e. The number of aromatic nitrogens is 3. The summed E-state index contributed by atoms with van der Waals surface area (Å²) in [5.74, 6) is 0.402. The third-order valence-electron chi connectivity index (χ3n) is 5.14. The Morgan fingerprint density at radius 1 is 1.24 bits per heavy atom. The van der Waals surface area contributed by atoms with Gasteiger partial charge in [-0.1, -0.05) is 11.3 Å². The van der Waals surface area contributed by atoms with Gasteiger partial charge in [0.2, 0.25) is 11.9 Å². The molecule has 0 atom stereocenters. The number of carbonyl (C=O) groups is 2. The van der Waals surface area contributed by atoms with Gasteiger partial charge in [0.15, 0.2) is 10.9 Å². The molecule has 0 spiro atoms. The maximum atomic E-state index is 12.5. The Kier molecular flexibility index (Phi) is 5.72. The minimum absolute atomic E-state index is 0.0952. The highest BCUT2D eigenvalue weighted by atomic mass is 32.1. The number of Topliss-reactive ketones (excluding diaryl/α,β-unsaturated/α-hetero) is 1. The quantitative estimate of drug-likeness (QED) is 0.756. The lowest BCUT2D eigenvalue weighted by molar-refractivity contribution is -0.116. The van der Waals surface area contributed by atoms with Crippen molar-refractivity contribution in [2.75, 3.05) is 36.5 Å². The van der Waals surface area contributed by atoms with Crippen molar-refractivity contribution in [2.24, 2.45) is 0 Å². The average molecular weight is 417 g/mol. The summed E-state index contributed by atoms with van der Waals surface area (Å²) < 4.78 is 5.32. The number of fused-ring (bicyclic) bond motifs is 1. The minimum atomic E-state index is -0.236. The van der Waals surface area contributed by atoms with Crippen molar-refractivity contribution in [3.8, 4) is 0 Å². The molecule has 0 bridgehead atoms. The molecule has 2 aromatic rings. The van der Waals surface area contributed by atoms with Gasteiger partial charge < -0.3 is 15.0 Å². The Morgan fingerprint density at radius 3 is 2.76 bits per heavy atom. The second kappa shape index (κ2) is 8.42. The topological polar surface area (TPSA) is 117 Å². The summed E-state index contributed by atoms with van der Waals surface area (Å²) in [6, 6.07) is 0. The third kappa shape index (κ3) is 4.38. The molecular formula is C19H23N5O4S. The molecule has 1 amide bonds. The molecule has 2 aromatic heterocycles. The molecule has 10 heteroatoms. The van der Waals surface area contributed by atoms with Crippen LogP contribution in [0, 0.1) is 6.92 Å². The largest absolute Gasteiger partial charge is 0.378 e. The van der Waals surface area contributed by atoms with E-state index in [0.717, 1.165) is 18.5 Å². The predicted molar refractivity (Wildman–Crippen MR) is 109 cm³/mol. The van der Waals surface area contributed by atoms with Gasteiger partial charge in [-0.15, -0.1) is 0 Å². The fourth-order valence-electron chi connectivity index (χ4n) is 3.56. The second-order valence-corrected chi connectivity index (χ2v) is 8.17. The van der Waals surface area contributed by atoms with E-state index in [4.69, 9.17) is 4.74 Å². The zero-order valence-electron chi connectivity index (χ0n) is 16.2. The number of aromatic amines is 1. The van der Waals surface area contributed by atoms with E-state index in [-0.39, 0.29) is 30.1 Å². The first-order valence-corrected chi connectivity index (χ1v) is 10.6. The first-order chi connectivity index (χ1) is 14.0. The fourth-order valence-corrected chi connectivity index (χ4v) is 4.55. The van der Waals surface area contributed by atoms with E-state index < -0.39 is 0 Å². The van der Waals surface area contributed by atoms with Crippen molar-refractivity contribution < 1.29 is 14.3 Å². The van der Waals surface area contributed by atoms with Crippen LogP contribution in [0.15, 0.2) is 4.79 Å². The molecule has 0 saturated carbocycles. The van der Waals surface area contributed by atoms with Crippen molar-refractivity contribution in [1.29, 1.82) is 0 Å². The van der Waals surface area contributed by atoms with Crippen molar-refractivity contribution in [1.82, 2.24) is 15.0 Å². The summed E-state index contributed by atoms with van der Waals surface area (Å²) in [5, 5.41) is 3.20. The van der Waals surface area contributed by atoms with Crippen LogP contribution in [0.1, 0.15) is 45.9 Å². The molecule has 3 heterocycles. The molecule has 1 aliphatic heterocycles. The Hall–Kier alpha value is -2.59. The SMILES string of the molecule is Cc1nc(N2CCOCC2)[nH]c(=O)c1CCC(=O)Nc1nc2c(s1)C(=O)CCC2. The van der Waals surface area contributed by atoms with E-state index in [0.29, 0.717) is 59.9 Å². The van der Waals surface area contributed by atoms with Crippen LogP contribution in [0.2, 0.25) is 0 Å². The highest BCUT2D eigenvalue weighted by molar-refractivity contribution is 7.17. The van der Waals surface area contributed by atoms with Gasteiger partial charge in [0.1, 0.15) is 0 Å². The molecule has 9 nitrogen and oxygen atoms in total. The number of morpholine rings is 1. The Balaban J connectivity index is 1.39. The van der Waals surface area contributed by atoms with Crippen LogP contribution < -0.4 is 15.8 Å². The first-order valence-electron chi connectivity index (χ1n) is 9.76. The number of H-pyrrole nitrogens is 1. The van der Waals surface area contributed by atoms with Crippen LogP contribution >= 0.6 is 11.3 Å². The number of hydrogen-bond acceptors (Lipinski definition) is 8. The van der Waals surface area contributed by atoms with Gasteiger partial charge in [0.25, 0.3) is 5.56 Å². The lowest BCUT2D eigenvalue weighted by Crippen LogP contribution is -2.38. The van der Waals surface area contributed by atoms with Gasteiger partial charge in [-0.2, -0.15) is 0 Å². The number of thiazole rings is 1. The average Bonchev–Trinajstić information content (AvgIpc) is 3.11. The van der Waals surface area contributed by atoms with Gasteiger partial charge in [-0.3, -0.25) is 19.4 Å². The molecule has 1 saturated heterocycles. The standard InChI is InChI=1S/C19H23N5O4S/c1-11-12(17(27)23-18(20-11)24-7-9-28-10-8-24)5-6-15(26)22-19-21-13-3-2-4-14(25)16(13)29-19/h2-10H2,1H3,(H,20,23,27)(H,21,22,26). The zero-order valence-corrected chi connectivity index (χ0v) is 17.1. The Morgan fingerprint density at radius 2 is 2.03 bits per heavy atom. The third-order valence-corrected chi connectivity index (χ3v) is 6.19. The van der Waals surface area contributed by atoms with Gasteiger partial charge >= 0.3 is 0 Å². The molecular weight excluding hydrogens is 394 g/mol. The van der Waals surface area contributed by atoms with Gasteiger partial charge in [-0.25, -0.2) is 9.97 Å². The number of hydrogen-bond donors (Lipinski definition) is 2. The molecule has 29 heavy (non-hydrogen) atoms. The minimum Gasteiger partial charge on any atom is -0.378 e.